The average Bonchev–Trinajstić information content (AvgIpc) is 2.83. The Morgan fingerprint density at radius 2 is 1.52 bits per heavy atom. The fourth-order valence-electron chi connectivity index (χ4n) is 3.59. The highest BCUT2D eigenvalue weighted by Gasteiger charge is 2.25. The van der Waals surface area contributed by atoms with Gasteiger partial charge in [-0.15, -0.1) is 0 Å². The maximum Gasteiger partial charge on any atom is 0.330 e. The number of aromatic amines is 1. The fraction of sp³-hybridized carbons (Fsp3) is 0.280. The van der Waals surface area contributed by atoms with Crippen LogP contribution in [0, 0.1) is 0 Å². The van der Waals surface area contributed by atoms with E-state index in [0.717, 1.165) is 6.42 Å². The van der Waals surface area contributed by atoms with Crippen molar-refractivity contribution in [3.05, 3.63) is 92.1 Å². The van der Waals surface area contributed by atoms with Crippen molar-refractivity contribution < 1.29 is 9.59 Å². The first-order valence-electron chi connectivity index (χ1n) is 11.0. The number of benzene rings is 2. The van der Waals surface area contributed by atoms with Gasteiger partial charge in [0.2, 0.25) is 0 Å². The molecule has 0 saturated carbocycles. The molecule has 0 fully saturated rings. The quantitative estimate of drug-likeness (QED) is 0.487. The molecule has 3 N–H and O–H groups in total. The molecule has 0 unspecified atom stereocenters. The highest BCUT2D eigenvalue weighted by Crippen LogP contribution is 2.21. The third-order valence-corrected chi connectivity index (χ3v) is 5.34. The molecule has 8 nitrogen and oxygen atoms in total. The summed E-state index contributed by atoms with van der Waals surface area (Å²) in [6.07, 6.45) is 2.07. The van der Waals surface area contributed by atoms with Gasteiger partial charge >= 0.3 is 5.69 Å². The number of nitrogens with one attached hydrogen (secondary N) is 1. The Balaban J connectivity index is 1.98. The van der Waals surface area contributed by atoms with Gasteiger partial charge < -0.3 is 10.6 Å². The van der Waals surface area contributed by atoms with Crippen molar-refractivity contribution in [2.45, 2.75) is 39.7 Å². The van der Waals surface area contributed by atoms with Crippen molar-refractivity contribution in [2.75, 3.05) is 17.2 Å². The summed E-state index contributed by atoms with van der Waals surface area (Å²) in [4.78, 5) is 54.5. The third kappa shape index (κ3) is 5.11. The second-order valence-electron chi connectivity index (χ2n) is 7.73. The second-order valence-corrected chi connectivity index (χ2v) is 7.73. The Morgan fingerprint density at radius 3 is 2.12 bits per heavy atom. The van der Waals surface area contributed by atoms with Gasteiger partial charge in [0.25, 0.3) is 11.5 Å². The SMILES string of the molecule is CCCCN(C(=O)c1ccc(C(=O)c2ccccc2)cc1)c1c(N)n(CCC)c(=O)[nH]c1=O. The lowest BCUT2D eigenvalue weighted by molar-refractivity contribution is 0.0983. The molecule has 0 aliphatic carbocycles. The van der Waals surface area contributed by atoms with Crippen molar-refractivity contribution in [3.8, 4) is 0 Å². The number of unbranched alkanes of at least 4 members (excludes halogenated alkanes) is 1. The summed E-state index contributed by atoms with van der Waals surface area (Å²) >= 11 is 0. The number of carbonyl (C=O) groups excluding carboxylic acids is 2. The minimum Gasteiger partial charge on any atom is -0.383 e. The van der Waals surface area contributed by atoms with Gasteiger partial charge in [-0.25, -0.2) is 4.79 Å². The molecule has 2 aromatic carbocycles. The predicted octanol–water partition coefficient (Wildman–Crippen LogP) is 3.21. The molecule has 33 heavy (non-hydrogen) atoms. The number of amides is 1. The van der Waals surface area contributed by atoms with E-state index in [0.29, 0.717) is 36.1 Å². The van der Waals surface area contributed by atoms with Gasteiger partial charge in [0, 0.05) is 29.8 Å². The predicted molar refractivity (Wildman–Crippen MR) is 129 cm³/mol. The van der Waals surface area contributed by atoms with Crippen LogP contribution in [0.2, 0.25) is 0 Å². The number of nitrogen functional groups attached to an aromatic ring is 1. The van der Waals surface area contributed by atoms with Crippen LogP contribution in [0.1, 0.15) is 59.4 Å². The summed E-state index contributed by atoms with van der Waals surface area (Å²) in [5.41, 5.74) is 6.16. The van der Waals surface area contributed by atoms with E-state index >= 15 is 0 Å². The van der Waals surface area contributed by atoms with Crippen molar-refractivity contribution in [1.29, 1.82) is 0 Å². The Kier molecular flexibility index (Phi) is 7.61. The van der Waals surface area contributed by atoms with E-state index in [1.54, 1.807) is 48.5 Å². The van der Waals surface area contributed by atoms with E-state index in [1.807, 2.05) is 19.9 Å². The topological polar surface area (TPSA) is 118 Å². The molecule has 3 aromatic rings. The Morgan fingerprint density at radius 1 is 0.909 bits per heavy atom. The molecule has 0 atom stereocenters. The number of nitrogens with zero attached hydrogens (tertiary/aromatic N) is 2. The molecular formula is C25H28N4O4. The van der Waals surface area contributed by atoms with E-state index < -0.39 is 17.2 Å². The monoisotopic (exact) mass is 448 g/mol. The first-order valence-corrected chi connectivity index (χ1v) is 11.0. The van der Waals surface area contributed by atoms with Crippen LogP contribution in [0.4, 0.5) is 11.5 Å². The van der Waals surface area contributed by atoms with Crippen LogP contribution in [0.5, 0.6) is 0 Å². The summed E-state index contributed by atoms with van der Waals surface area (Å²) in [5.74, 6) is -0.614. The second kappa shape index (κ2) is 10.6. The number of rotatable bonds is 9. The van der Waals surface area contributed by atoms with Crippen molar-refractivity contribution >= 4 is 23.2 Å². The van der Waals surface area contributed by atoms with Crippen LogP contribution in [0.3, 0.4) is 0 Å². The Bertz CT molecular complexity index is 1240. The first kappa shape index (κ1) is 23.7. The van der Waals surface area contributed by atoms with E-state index in [9.17, 15) is 19.2 Å². The van der Waals surface area contributed by atoms with Crippen molar-refractivity contribution in [1.82, 2.24) is 9.55 Å². The molecule has 0 bridgehead atoms. The number of aromatic nitrogens is 2. The van der Waals surface area contributed by atoms with Crippen LogP contribution >= 0.6 is 0 Å². The Labute approximate surface area is 191 Å². The molecule has 8 heteroatoms. The van der Waals surface area contributed by atoms with Gasteiger partial charge in [-0.05, 0) is 25.0 Å². The normalized spacial score (nSPS) is 10.7. The lowest BCUT2D eigenvalue weighted by Crippen LogP contribution is -2.41. The maximum atomic E-state index is 13.4. The minimum atomic E-state index is -0.704. The van der Waals surface area contributed by atoms with Gasteiger partial charge in [0.05, 0.1) is 0 Å². The molecule has 0 radical (unpaired) electrons. The van der Waals surface area contributed by atoms with E-state index in [2.05, 4.69) is 4.98 Å². The minimum absolute atomic E-state index is 0.0362. The van der Waals surface area contributed by atoms with E-state index in [1.165, 1.54) is 9.47 Å². The molecule has 0 aliphatic rings. The van der Waals surface area contributed by atoms with E-state index in [-0.39, 0.29) is 23.8 Å². The van der Waals surface area contributed by atoms with Crippen molar-refractivity contribution in [2.24, 2.45) is 0 Å². The number of H-pyrrole nitrogens is 1. The smallest absolute Gasteiger partial charge is 0.330 e. The highest BCUT2D eigenvalue weighted by atomic mass is 16.2. The molecule has 0 spiro atoms. The summed E-state index contributed by atoms with van der Waals surface area (Å²) in [6.45, 7) is 4.44. The van der Waals surface area contributed by atoms with Gasteiger partial charge in [0.1, 0.15) is 5.82 Å². The number of ketones is 1. The summed E-state index contributed by atoms with van der Waals surface area (Å²) < 4.78 is 1.27. The van der Waals surface area contributed by atoms with Crippen LogP contribution in [-0.2, 0) is 6.54 Å². The third-order valence-electron chi connectivity index (χ3n) is 5.34. The van der Waals surface area contributed by atoms with Crippen LogP contribution < -0.4 is 21.9 Å². The highest BCUT2D eigenvalue weighted by molar-refractivity contribution is 6.11. The van der Waals surface area contributed by atoms with Crippen LogP contribution in [0.25, 0.3) is 0 Å². The molecule has 1 aromatic heterocycles. The number of hydrogen-bond acceptors (Lipinski definition) is 5. The molecule has 172 valence electrons. The van der Waals surface area contributed by atoms with Gasteiger partial charge in [-0.1, -0.05) is 62.7 Å². The molecule has 3 rings (SSSR count). The van der Waals surface area contributed by atoms with Gasteiger partial charge in [-0.2, -0.15) is 0 Å². The van der Waals surface area contributed by atoms with Gasteiger partial charge in [-0.3, -0.25) is 23.9 Å². The zero-order valence-electron chi connectivity index (χ0n) is 18.8. The lowest BCUT2D eigenvalue weighted by Gasteiger charge is -2.24. The zero-order valence-corrected chi connectivity index (χ0v) is 18.8. The summed E-state index contributed by atoms with van der Waals surface area (Å²) in [5, 5.41) is 0. The number of carbonyl (C=O) groups is 2. The Hall–Kier alpha value is -3.94. The zero-order chi connectivity index (χ0) is 24.0. The fourth-order valence-corrected chi connectivity index (χ4v) is 3.59. The van der Waals surface area contributed by atoms with Crippen LogP contribution in [-0.4, -0.2) is 27.8 Å². The molecule has 0 aliphatic heterocycles. The van der Waals surface area contributed by atoms with Crippen molar-refractivity contribution in [3.63, 3.8) is 0 Å². The molecule has 0 saturated heterocycles. The lowest BCUT2D eigenvalue weighted by atomic mass is 10.0. The maximum absolute atomic E-state index is 13.4. The van der Waals surface area contributed by atoms with E-state index in [4.69, 9.17) is 5.73 Å². The summed E-state index contributed by atoms with van der Waals surface area (Å²) in [7, 11) is 0. The van der Waals surface area contributed by atoms with Gasteiger partial charge in [0.15, 0.2) is 11.5 Å². The molecule has 1 amide bonds. The summed E-state index contributed by atoms with van der Waals surface area (Å²) in [6, 6.07) is 15.2. The first-order chi connectivity index (χ1) is 15.9. The number of anilines is 2. The average molecular weight is 449 g/mol. The largest absolute Gasteiger partial charge is 0.383 e. The molecule has 1 heterocycles. The molecular weight excluding hydrogens is 420 g/mol. The van der Waals surface area contributed by atoms with Crippen LogP contribution in [0.15, 0.2) is 64.2 Å². The standard InChI is InChI=1S/C25H28N4O4/c1-3-5-16-28(20-22(26)29(15-4-2)25(33)27-23(20)31)24(32)19-13-11-18(12-14-19)21(30)17-9-7-6-8-10-17/h6-14H,3-5,15-16,26H2,1-2H3,(H,27,31,33). The number of hydrogen-bond donors (Lipinski definition) is 2. The number of nitrogens with two attached hydrogens (primary N) is 1.